The molecule has 2 saturated heterocycles. The number of thioether (sulfide) groups is 1. The summed E-state index contributed by atoms with van der Waals surface area (Å²) in [6, 6.07) is 7.18. The van der Waals surface area contributed by atoms with Gasteiger partial charge in [0, 0.05) is 18.7 Å². The van der Waals surface area contributed by atoms with Gasteiger partial charge in [-0.15, -0.1) is 11.8 Å². The minimum atomic E-state index is -0.589. The molecular formula is C18H22N2O4S. The van der Waals surface area contributed by atoms with Crippen LogP contribution < -0.4 is 5.32 Å². The highest BCUT2D eigenvalue weighted by Gasteiger charge is 2.53. The van der Waals surface area contributed by atoms with Crippen molar-refractivity contribution in [3.05, 3.63) is 35.4 Å². The van der Waals surface area contributed by atoms with Gasteiger partial charge in [-0.1, -0.05) is 24.3 Å². The van der Waals surface area contributed by atoms with Crippen molar-refractivity contribution in [2.75, 3.05) is 12.4 Å². The zero-order chi connectivity index (χ0) is 18.0. The summed E-state index contributed by atoms with van der Waals surface area (Å²) >= 11 is 1.60. The Balaban J connectivity index is 1.48. The summed E-state index contributed by atoms with van der Waals surface area (Å²) in [5, 5.41) is 2.75. The number of esters is 1. The summed E-state index contributed by atoms with van der Waals surface area (Å²) < 4.78 is 5.15. The van der Waals surface area contributed by atoms with Crippen LogP contribution in [-0.4, -0.2) is 46.0 Å². The number of fused-ring (bicyclic) bond motifs is 1. The average molecular weight is 362 g/mol. The average Bonchev–Trinajstić information content (AvgIpc) is 3.08. The van der Waals surface area contributed by atoms with Gasteiger partial charge in [0.05, 0.1) is 4.87 Å². The van der Waals surface area contributed by atoms with E-state index in [-0.39, 0.29) is 23.3 Å². The first kappa shape index (κ1) is 17.8. The van der Waals surface area contributed by atoms with Crippen molar-refractivity contribution in [1.29, 1.82) is 0 Å². The van der Waals surface area contributed by atoms with Crippen molar-refractivity contribution in [2.45, 2.75) is 44.1 Å². The number of rotatable bonds is 5. The molecule has 2 heterocycles. The van der Waals surface area contributed by atoms with Crippen molar-refractivity contribution in [3.8, 4) is 0 Å². The molecule has 2 atom stereocenters. The Labute approximate surface area is 151 Å². The number of carbonyl (C=O) groups is 3. The molecule has 1 aromatic rings. The van der Waals surface area contributed by atoms with Crippen LogP contribution in [0.4, 0.5) is 0 Å². The van der Waals surface area contributed by atoms with Crippen molar-refractivity contribution < 1.29 is 19.1 Å². The lowest BCUT2D eigenvalue weighted by molar-refractivity contribution is -0.156. The van der Waals surface area contributed by atoms with Crippen LogP contribution >= 0.6 is 11.8 Å². The van der Waals surface area contributed by atoms with Crippen LogP contribution in [0.15, 0.2) is 24.3 Å². The molecule has 6 nitrogen and oxygen atoms in total. The molecule has 1 aromatic carbocycles. The van der Waals surface area contributed by atoms with E-state index in [2.05, 4.69) is 5.32 Å². The fraction of sp³-hybridized carbons (Fsp3) is 0.500. The Hall–Kier alpha value is -2.02. The van der Waals surface area contributed by atoms with E-state index in [0.717, 1.165) is 17.5 Å². The van der Waals surface area contributed by atoms with E-state index in [4.69, 9.17) is 4.74 Å². The summed E-state index contributed by atoms with van der Waals surface area (Å²) in [5.41, 5.74) is 2.11. The van der Waals surface area contributed by atoms with E-state index in [0.29, 0.717) is 18.7 Å². The van der Waals surface area contributed by atoms with Crippen molar-refractivity contribution in [1.82, 2.24) is 10.2 Å². The highest BCUT2D eigenvalue weighted by Crippen LogP contribution is 2.47. The van der Waals surface area contributed by atoms with Crippen molar-refractivity contribution in [3.63, 3.8) is 0 Å². The third-order valence-electron chi connectivity index (χ3n) is 4.80. The number of carbonyl (C=O) groups excluding carboxylic acids is 3. The number of aryl methyl sites for hydroxylation is 1. The van der Waals surface area contributed by atoms with Crippen LogP contribution in [-0.2, 0) is 25.7 Å². The number of nitrogens with zero attached hydrogens (tertiary/aromatic N) is 1. The Kier molecular flexibility index (Phi) is 5.03. The van der Waals surface area contributed by atoms with Crippen LogP contribution in [0.1, 0.15) is 30.9 Å². The first-order valence-electron chi connectivity index (χ1n) is 8.35. The molecule has 2 aliphatic rings. The minimum Gasteiger partial charge on any atom is -0.454 e. The zero-order valence-corrected chi connectivity index (χ0v) is 15.2. The minimum absolute atomic E-state index is 0.0153. The predicted molar refractivity (Wildman–Crippen MR) is 94.7 cm³/mol. The predicted octanol–water partition coefficient (Wildman–Crippen LogP) is 1.61. The normalized spacial score (nSPS) is 25.0. The van der Waals surface area contributed by atoms with Gasteiger partial charge in [-0.25, -0.2) is 4.79 Å². The molecule has 0 spiro atoms. The lowest BCUT2D eigenvalue weighted by Crippen LogP contribution is -2.47. The summed E-state index contributed by atoms with van der Waals surface area (Å²) in [4.78, 5) is 37.6. The maximum Gasteiger partial charge on any atom is 0.330 e. The lowest BCUT2D eigenvalue weighted by Gasteiger charge is -2.29. The third kappa shape index (κ3) is 3.66. The van der Waals surface area contributed by atoms with Crippen molar-refractivity contribution in [2.24, 2.45) is 0 Å². The zero-order valence-electron chi connectivity index (χ0n) is 14.4. The van der Waals surface area contributed by atoms with Gasteiger partial charge in [-0.3, -0.25) is 9.59 Å². The summed E-state index contributed by atoms with van der Waals surface area (Å²) in [6.07, 6.45) is 1.21. The van der Waals surface area contributed by atoms with E-state index in [1.165, 1.54) is 0 Å². The molecule has 2 fully saturated rings. The number of hydrogen-bond donors (Lipinski definition) is 1. The molecule has 25 heavy (non-hydrogen) atoms. The monoisotopic (exact) mass is 362 g/mol. The van der Waals surface area contributed by atoms with Gasteiger partial charge in [0.2, 0.25) is 5.91 Å². The molecule has 0 unspecified atom stereocenters. The molecule has 1 N–H and O–H groups in total. The summed E-state index contributed by atoms with van der Waals surface area (Å²) in [7, 11) is 0. The molecule has 0 bridgehead atoms. The molecular weight excluding hydrogens is 340 g/mol. The molecule has 0 aliphatic carbocycles. The number of benzene rings is 1. The van der Waals surface area contributed by atoms with E-state index in [9.17, 15) is 14.4 Å². The van der Waals surface area contributed by atoms with Crippen LogP contribution in [0.2, 0.25) is 0 Å². The van der Waals surface area contributed by atoms with E-state index < -0.39 is 12.0 Å². The molecule has 0 saturated carbocycles. The highest BCUT2D eigenvalue weighted by molar-refractivity contribution is 8.01. The fourth-order valence-electron chi connectivity index (χ4n) is 3.28. The molecule has 134 valence electrons. The molecule has 0 radical (unpaired) electrons. The fourth-order valence-corrected chi connectivity index (χ4v) is 4.70. The Bertz CT molecular complexity index is 708. The van der Waals surface area contributed by atoms with Crippen LogP contribution in [0, 0.1) is 6.92 Å². The quantitative estimate of drug-likeness (QED) is 0.806. The van der Waals surface area contributed by atoms with Gasteiger partial charge in [0.1, 0.15) is 6.04 Å². The number of hydrogen-bond acceptors (Lipinski definition) is 5. The first-order chi connectivity index (χ1) is 11.9. The standard InChI is InChI=1S/C18H22N2O4S/c1-12-5-3-4-6-13(12)9-19-15(21)10-24-17(23)14-11-25-18(2)8-7-16(22)20(14)18/h3-6,14H,7-11H2,1-2H3,(H,19,21)/t14-,18+/m1/s1. The summed E-state index contributed by atoms with van der Waals surface area (Å²) in [6.45, 7) is 4.02. The topological polar surface area (TPSA) is 75.7 Å². The molecule has 0 aromatic heterocycles. The first-order valence-corrected chi connectivity index (χ1v) is 9.33. The van der Waals surface area contributed by atoms with Gasteiger partial charge in [-0.05, 0) is 31.4 Å². The maximum absolute atomic E-state index is 12.3. The molecule has 2 aliphatic heterocycles. The van der Waals surface area contributed by atoms with E-state index in [1.54, 1.807) is 16.7 Å². The third-order valence-corrected chi connectivity index (χ3v) is 6.30. The maximum atomic E-state index is 12.3. The van der Waals surface area contributed by atoms with Gasteiger partial charge < -0.3 is 15.0 Å². The second-order valence-corrected chi connectivity index (χ2v) is 8.08. The van der Waals surface area contributed by atoms with E-state index >= 15 is 0 Å². The van der Waals surface area contributed by atoms with Gasteiger partial charge in [-0.2, -0.15) is 0 Å². The second kappa shape index (κ2) is 7.07. The number of amides is 2. The number of nitrogens with one attached hydrogen (secondary N) is 1. The van der Waals surface area contributed by atoms with Crippen LogP contribution in [0.25, 0.3) is 0 Å². The van der Waals surface area contributed by atoms with Crippen molar-refractivity contribution >= 4 is 29.5 Å². The molecule has 2 amide bonds. The SMILES string of the molecule is Cc1ccccc1CNC(=O)COC(=O)[C@H]1CS[C@@]2(C)CCC(=O)N12. The van der Waals surface area contributed by atoms with Gasteiger partial charge >= 0.3 is 5.97 Å². The molecule has 3 rings (SSSR count). The molecule has 7 heteroatoms. The lowest BCUT2D eigenvalue weighted by atomic mass is 10.1. The summed E-state index contributed by atoms with van der Waals surface area (Å²) in [5.74, 6) is -0.347. The Morgan fingerprint density at radius 2 is 2.16 bits per heavy atom. The van der Waals surface area contributed by atoms with Gasteiger partial charge in [0.25, 0.3) is 5.91 Å². The largest absolute Gasteiger partial charge is 0.454 e. The Morgan fingerprint density at radius 3 is 2.92 bits per heavy atom. The van der Waals surface area contributed by atoms with Crippen LogP contribution in [0.5, 0.6) is 0 Å². The van der Waals surface area contributed by atoms with Gasteiger partial charge in [0.15, 0.2) is 6.61 Å². The Morgan fingerprint density at radius 1 is 1.40 bits per heavy atom. The van der Waals surface area contributed by atoms with E-state index in [1.807, 2.05) is 38.1 Å². The number of ether oxygens (including phenoxy) is 1. The second-order valence-electron chi connectivity index (χ2n) is 6.58. The highest BCUT2D eigenvalue weighted by atomic mass is 32.2. The van der Waals surface area contributed by atoms with Crippen LogP contribution in [0.3, 0.4) is 0 Å². The smallest absolute Gasteiger partial charge is 0.330 e.